The monoisotopic (exact) mass is 497 g/mol. The van der Waals surface area contributed by atoms with E-state index in [0.717, 1.165) is 33.3 Å². The summed E-state index contributed by atoms with van der Waals surface area (Å²) in [5.74, 6) is 0. The molecule has 0 atom stereocenters. The highest BCUT2D eigenvalue weighted by Crippen LogP contribution is 2.39. The second kappa shape index (κ2) is 8.64. The van der Waals surface area contributed by atoms with Gasteiger partial charge in [-0.05, 0) is 69.4 Å². The minimum absolute atomic E-state index is 0.954. The standard InChI is InChI=1S/C36H23N3/c1-2-8-24(9-3-1)25-12-14-26(15-13-25)27-16-19-30-32(22-27)31-23-28(33-10-4-6-20-37-33)17-18-29(31)35-36(30)39-21-7-5-11-34(39)38-35/h1-23H. The van der Waals surface area contributed by atoms with E-state index in [9.17, 15) is 0 Å². The second-order valence-electron chi connectivity index (χ2n) is 9.92. The third-order valence-corrected chi connectivity index (χ3v) is 7.66. The van der Waals surface area contributed by atoms with E-state index in [1.807, 2.05) is 24.4 Å². The van der Waals surface area contributed by atoms with Gasteiger partial charge in [0, 0.05) is 28.7 Å². The van der Waals surface area contributed by atoms with Crippen LogP contribution in [0.2, 0.25) is 0 Å². The van der Waals surface area contributed by atoms with Crippen LogP contribution in [0.1, 0.15) is 0 Å². The number of rotatable bonds is 3. The van der Waals surface area contributed by atoms with Crippen molar-refractivity contribution in [3.63, 3.8) is 0 Å². The van der Waals surface area contributed by atoms with Gasteiger partial charge in [0.2, 0.25) is 0 Å². The number of aromatic nitrogens is 3. The van der Waals surface area contributed by atoms with Crippen LogP contribution in [0.5, 0.6) is 0 Å². The van der Waals surface area contributed by atoms with Crippen LogP contribution in [0.3, 0.4) is 0 Å². The summed E-state index contributed by atoms with van der Waals surface area (Å²) in [7, 11) is 0. The smallest absolute Gasteiger partial charge is 0.137 e. The maximum absolute atomic E-state index is 5.06. The van der Waals surface area contributed by atoms with Crippen molar-refractivity contribution in [1.29, 1.82) is 0 Å². The molecule has 3 nitrogen and oxygen atoms in total. The number of benzene rings is 5. The van der Waals surface area contributed by atoms with Crippen molar-refractivity contribution in [3.8, 4) is 33.5 Å². The summed E-state index contributed by atoms with van der Waals surface area (Å²) >= 11 is 0. The number of hydrogen-bond acceptors (Lipinski definition) is 2. The Hall–Kier alpha value is -5.28. The van der Waals surface area contributed by atoms with E-state index in [0.29, 0.717) is 0 Å². The van der Waals surface area contributed by atoms with E-state index < -0.39 is 0 Å². The SMILES string of the molecule is c1ccc(-c2ccc(-c3ccc4c(c3)c3cc(-c5ccccn5)ccc3c3nc5ccccn5c43)cc2)cc1. The number of pyridine rings is 2. The largest absolute Gasteiger partial charge is 0.299 e. The van der Waals surface area contributed by atoms with Crippen LogP contribution in [0.4, 0.5) is 0 Å². The molecule has 182 valence electrons. The molecule has 0 saturated carbocycles. The summed E-state index contributed by atoms with van der Waals surface area (Å²) in [6, 6.07) is 45.1. The number of fused-ring (bicyclic) bond motifs is 8. The lowest BCUT2D eigenvalue weighted by Gasteiger charge is -2.12. The minimum Gasteiger partial charge on any atom is -0.299 e. The zero-order valence-electron chi connectivity index (χ0n) is 21.1. The predicted octanol–water partition coefficient (Wildman–Crippen LogP) is 9.19. The van der Waals surface area contributed by atoms with Crippen LogP contribution in [0.15, 0.2) is 140 Å². The van der Waals surface area contributed by atoms with E-state index in [4.69, 9.17) is 4.98 Å². The molecule has 3 heterocycles. The topological polar surface area (TPSA) is 30.2 Å². The molecule has 0 amide bonds. The Balaban J connectivity index is 1.39. The van der Waals surface area contributed by atoms with Crippen molar-refractivity contribution in [2.75, 3.05) is 0 Å². The molecule has 0 aliphatic carbocycles. The molecule has 0 spiro atoms. The van der Waals surface area contributed by atoms with Gasteiger partial charge in [-0.25, -0.2) is 4.98 Å². The van der Waals surface area contributed by atoms with Crippen molar-refractivity contribution in [1.82, 2.24) is 14.4 Å². The molecule has 3 aromatic heterocycles. The lowest BCUT2D eigenvalue weighted by Crippen LogP contribution is -1.89. The molecule has 3 heteroatoms. The van der Waals surface area contributed by atoms with E-state index >= 15 is 0 Å². The molecule has 0 saturated heterocycles. The van der Waals surface area contributed by atoms with Gasteiger partial charge < -0.3 is 0 Å². The average molecular weight is 498 g/mol. The van der Waals surface area contributed by atoms with Crippen molar-refractivity contribution >= 4 is 38.2 Å². The maximum Gasteiger partial charge on any atom is 0.137 e. The van der Waals surface area contributed by atoms with E-state index in [1.165, 1.54) is 38.4 Å². The van der Waals surface area contributed by atoms with Gasteiger partial charge in [-0.15, -0.1) is 0 Å². The van der Waals surface area contributed by atoms with Gasteiger partial charge >= 0.3 is 0 Å². The Labute approximate surface area is 225 Å². The Morgan fingerprint density at radius 3 is 1.92 bits per heavy atom. The van der Waals surface area contributed by atoms with Gasteiger partial charge in [-0.1, -0.05) is 91.0 Å². The zero-order valence-corrected chi connectivity index (χ0v) is 21.1. The molecule has 0 N–H and O–H groups in total. The first-order valence-corrected chi connectivity index (χ1v) is 13.2. The predicted molar refractivity (Wildman–Crippen MR) is 162 cm³/mol. The van der Waals surface area contributed by atoms with Crippen LogP contribution in [0, 0.1) is 0 Å². The summed E-state index contributed by atoms with van der Waals surface area (Å²) in [6.07, 6.45) is 3.95. The first-order valence-electron chi connectivity index (χ1n) is 13.2. The van der Waals surface area contributed by atoms with Gasteiger partial charge in [-0.2, -0.15) is 0 Å². The van der Waals surface area contributed by atoms with Crippen molar-refractivity contribution < 1.29 is 0 Å². The van der Waals surface area contributed by atoms with Gasteiger partial charge in [0.1, 0.15) is 5.65 Å². The van der Waals surface area contributed by atoms with Crippen molar-refractivity contribution in [3.05, 3.63) is 140 Å². The van der Waals surface area contributed by atoms with Crippen LogP contribution >= 0.6 is 0 Å². The van der Waals surface area contributed by atoms with Crippen LogP contribution in [-0.2, 0) is 0 Å². The number of hydrogen-bond donors (Lipinski definition) is 0. The van der Waals surface area contributed by atoms with Crippen LogP contribution in [-0.4, -0.2) is 14.4 Å². The van der Waals surface area contributed by atoms with Gasteiger partial charge in [0.05, 0.1) is 16.7 Å². The van der Waals surface area contributed by atoms with Crippen molar-refractivity contribution in [2.24, 2.45) is 0 Å². The summed E-state index contributed by atoms with van der Waals surface area (Å²) in [6.45, 7) is 0. The fourth-order valence-corrected chi connectivity index (χ4v) is 5.75. The number of nitrogens with zero attached hydrogens (tertiary/aromatic N) is 3. The first kappa shape index (κ1) is 21.8. The Kier molecular flexibility index (Phi) is 4.82. The molecular formula is C36H23N3. The Morgan fingerprint density at radius 2 is 1.10 bits per heavy atom. The lowest BCUT2D eigenvalue weighted by molar-refractivity contribution is 1.23. The molecule has 0 bridgehead atoms. The highest BCUT2D eigenvalue weighted by Gasteiger charge is 2.16. The zero-order chi connectivity index (χ0) is 25.8. The van der Waals surface area contributed by atoms with Crippen LogP contribution in [0.25, 0.3) is 71.7 Å². The number of imidazole rings is 1. The van der Waals surface area contributed by atoms with E-state index in [1.54, 1.807) is 0 Å². The van der Waals surface area contributed by atoms with Gasteiger partial charge in [0.25, 0.3) is 0 Å². The van der Waals surface area contributed by atoms with Gasteiger partial charge in [0.15, 0.2) is 0 Å². The summed E-state index contributed by atoms with van der Waals surface area (Å²) < 4.78 is 2.21. The van der Waals surface area contributed by atoms with Crippen LogP contribution < -0.4 is 0 Å². The second-order valence-corrected chi connectivity index (χ2v) is 9.92. The van der Waals surface area contributed by atoms with E-state index in [2.05, 4.69) is 125 Å². The molecule has 0 aliphatic heterocycles. The minimum atomic E-state index is 0.954. The molecule has 39 heavy (non-hydrogen) atoms. The normalized spacial score (nSPS) is 11.6. The summed E-state index contributed by atoms with van der Waals surface area (Å²) in [5.41, 5.74) is 10.0. The molecule has 0 aliphatic rings. The Bertz CT molecular complexity index is 2140. The first-order chi connectivity index (χ1) is 19.3. The molecule has 0 radical (unpaired) electrons. The summed E-state index contributed by atoms with van der Waals surface area (Å²) in [4.78, 5) is 9.67. The average Bonchev–Trinajstić information content (AvgIpc) is 3.42. The molecule has 0 unspecified atom stereocenters. The molecular weight excluding hydrogens is 474 g/mol. The fraction of sp³-hybridized carbons (Fsp3) is 0. The lowest BCUT2D eigenvalue weighted by atomic mass is 9.93. The fourth-order valence-electron chi connectivity index (χ4n) is 5.75. The highest BCUT2D eigenvalue weighted by atomic mass is 15.0. The molecule has 8 aromatic rings. The molecule has 5 aromatic carbocycles. The summed E-state index contributed by atoms with van der Waals surface area (Å²) in [5, 5.41) is 4.74. The van der Waals surface area contributed by atoms with Crippen molar-refractivity contribution in [2.45, 2.75) is 0 Å². The molecule has 0 fully saturated rings. The Morgan fingerprint density at radius 1 is 0.462 bits per heavy atom. The maximum atomic E-state index is 5.06. The third kappa shape index (κ3) is 3.52. The third-order valence-electron chi connectivity index (χ3n) is 7.66. The quantitative estimate of drug-likeness (QED) is 0.228. The van der Waals surface area contributed by atoms with E-state index in [-0.39, 0.29) is 0 Å². The highest BCUT2D eigenvalue weighted by molar-refractivity contribution is 6.25. The van der Waals surface area contributed by atoms with Gasteiger partial charge in [-0.3, -0.25) is 9.38 Å². The molecule has 8 rings (SSSR count).